The summed E-state index contributed by atoms with van der Waals surface area (Å²) < 4.78 is 18.8. The average molecular weight is 386 g/mol. The van der Waals surface area contributed by atoms with Gasteiger partial charge in [-0.15, -0.1) is 0 Å². The van der Waals surface area contributed by atoms with Crippen LogP contribution < -0.4 is 10.6 Å². The Hall–Kier alpha value is -2.84. The molecule has 1 atom stereocenters. The summed E-state index contributed by atoms with van der Waals surface area (Å²) in [5.41, 5.74) is 1.61. The quantitative estimate of drug-likeness (QED) is 0.743. The summed E-state index contributed by atoms with van der Waals surface area (Å²) in [4.78, 5) is 30.1. The molecule has 2 heterocycles. The number of pyridine rings is 1. The molecule has 8 heteroatoms. The molecule has 2 aromatic rings. The normalized spacial score (nSPS) is 16.6. The average Bonchev–Trinajstić information content (AvgIpc) is 2.73. The summed E-state index contributed by atoms with van der Waals surface area (Å²) in [6.45, 7) is 1.64. The molecule has 1 aliphatic rings. The van der Waals surface area contributed by atoms with Gasteiger partial charge in [-0.3, -0.25) is 14.6 Å². The standard InChI is InChI=1S/C20H23FN4O3/c21-17-5-1-4-16(9-17)18-12-23-7-8-25(18)20(27)14-28-13-19(26)24-11-15-3-2-6-22-10-15/h1-6,9-10,18,23H,7-8,11-14H2,(H,24,26). The molecule has 7 nitrogen and oxygen atoms in total. The first-order valence-corrected chi connectivity index (χ1v) is 9.12. The molecule has 1 aromatic heterocycles. The Morgan fingerprint density at radius 1 is 1.29 bits per heavy atom. The van der Waals surface area contributed by atoms with Crippen LogP contribution in [0.25, 0.3) is 0 Å². The van der Waals surface area contributed by atoms with Crippen LogP contribution in [0.4, 0.5) is 4.39 Å². The Morgan fingerprint density at radius 3 is 2.96 bits per heavy atom. The van der Waals surface area contributed by atoms with Crippen LogP contribution in [-0.2, 0) is 20.9 Å². The van der Waals surface area contributed by atoms with E-state index >= 15 is 0 Å². The summed E-state index contributed by atoms with van der Waals surface area (Å²) in [7, 11) is 0. The summed E-state index contributed by atoms with van der Waals surface area (Å²) in [6, 6.07) is 9.62. The van der Waals surface area contributed by atoms with E-state index in [2.05, 4.69) is 15.6 Å². The molecule has 1 saturated heterocycles. The maximum atomic E-state index is 13.5. The van der Waals surface area contributed by atoms with Crippen molar-refractivity contribution in [2.45, 2.75) is 12.6 Å². The van der Waals surface area contributed by atoms with Gasteiger partial charge in [0.1, 0.15) is 19.0 Å². The molecule has 1 aromatic carbocycles. The molecular formula is C20H23FN4O3. The maximum absolute atomic E-state index is 13.5. The van der Waals surface area contributed by atoms with E-state index in [1.807, 2.05) is 6.07 Å². The van der Waals surface area contributed by atoms with Gasteiger partial charge in [-0.25, -0.2) is 4.39 Å². The van der Waals surface area contributed by atoms with E-state index in [-0.39, 0.29) is 36.9 Å². The minimum absolute atomic E-state index is 0.202. The Kier molecular flexibility index (Phi) is 7.05. The lowest BCUT2D eigenvalue weighted by molar-refractivity contribution is -0.141. The number of amides is 2. The number of nitrogens with one attached hydrogen (secondary N) is 2. The van der Waals surface area contributed by atoms with E-state index in [0.29, 0.717) is 26.2 Å². The maximum Gasteiger partial charge on any atom is 0.249 e. The first-order chi connectivity index (χ1) is 13.6. The fraction of sp³-hybridized carbons (Fsp3) is 0.350. The van der Waals surface area contributed by atoms with Gasteiger partial charge in [0.2, 0.25) is 11.8 Å². The van der Waals surface area contributed by atoms with Gasteiger partial charge >= 0.3 is 0 Å². The second-order valence-electron chi connectivity index (χ2n) is 6.49. The van der Waals surface area contributed by atoms with E-state index in [9.17, 15) is 14.0 Å². The number of nitrogens with zero attached hydrogens (tertiary/aromatic N) is 2. The molecule has 28 heavy (non-hydrogen) atoms. The number of hydrogen-bond donors (Lipinski definition) is 2. The Balaban J connectivity index is 1.47. The third-order valence-electron chi connectivity index (χ3n) is 4.47. The van der Waals surface area contributed by atoms with Crippen LogP contribution in [0.2, 0.25) is 0 Å². The number of rotatable bonds is 7. The predicted octanol–water partition coefficient (Wildman–Crippen LogP) is 1.03. The van der Waals surface area contributed by atoms with Gasteiger partial charge in [0.05, 0.1) is 6.04 Å². The molecular weight excluding hydrogens is 363 g/mol. The summed E-state index contributed by atoms with van der Waals surface area (Å²) in [5, 5.41) is 5.93. The monoisotopic (exact) mass is 386 g/mol. The number of aromatic nitrogens is 1. The molecule has 1 aliphatic heterocycles. The number of carbonyl (C=O) groups is 2. The van der Waals surface area contributed by atoms with Gasteiger partial charge in [0.25, 0.3) is 0 Å². The molecule has 0 aliphatic carbocycles. The molecule has 2 N–H and O–H groups in total. The van der Waals surface area contributed by atoms with Gasteiger partial charge < -0.3 is 20.3 Å². The van der Waals surface area contributed by atoms with E-state index in [1.54, 1.807) is 35.5 Å². The smallest absolute Gasteiger partial charge is 0.249 e. The number of halogens is 1. The first kappa shape index (κ1) is 19.9. The highest BCUT2D eigenvalue weighted by atomic mass is 19.1. The Bertz CT molecular complexity index is 803. The van der Waals surface area contributed by atoms with Crippen molar-refractivity contribution in [2.24, 2.45) is 0 Å². The zero-order valence-electron chi connectivity index (χ0n) is 15.4. The third-order valence-corrected chi connectivity index (χ3v) is 4.47. The van der Waals surface area contributed by atoms with Crippen LogP contribution in [0.15, 0.2) is 48.8 Å². The lowest BCUT2D eigenvalue weighted by atomic mass is 10.0. The van der Waals surface area contributed by atoms with Crippen molar-refractivity contribution in [3.63, 3.8) is 0 Å². The van der Waals surface area contributed by atoms with Crippen molar-refractivity contribution in [1.82, 2.24) is 20.5 Å². The van der Waals surface area contributed by atoms with Crippen molar-refractivity contribution < 1.29 is 18.7 Å². The lowest BCUT2D eigenvalue weighted by Crippen LogP contribution is -2.50. The van der Waals surface area contributed by atoms with Crippen LogP contribution in [0.3, 0.4) is 0 Å². The Morgan fingerprint density at radius 2 is 2.18 bits per heavy atom. The predicted molar refractivity (Wildman–Crippen MR) is 101 cm³/mol. The number of carbonyl (C=O) groups excluding carboxylic acids is 2. The van der Waals surface area contributed by atoms with Gasteiger partial charge in [0, 0.05) is 38.6 Å². The van der Waals surface area contributed by atoms with E-state index in [0.717, 1.165) is 11.1 Å². The molecule has 1 unspecified atom stereocenters. The topological polar surface area (TPSA) is 83.6 Å². The Labute approximate surface area is 162 Å². The van der Waals surface area contributed by atoms with Crippen molar-refractivity contribution in [3.8, 4) is 0 Å². The fourth-order valence-electron chi connectivity index (χ4n) is 3.08. The van der Waals surface area contributed by atoms with Gasteiger partial charge in [-0.1, -0.05) is 18.2 Å². The second kappa shape index (κ2) is 9.91. The molecule has 2 amide bonds. The number of hydrogen-bond acceptors (Lipinski definition) is 5. The fourth-order valence-corrected chi connectivity index (χ4v) is 3.08. The molecule has 0 saturated carbocycles. The van der Waals surface area contributed by atoms with Crippen molar-refractivity contribution in [1.29, 1.82) is 0 Å². The van der Waals surface area contributed by atoms with E-state index in [1.165, 1.54) is 12.1 Å². The van der Waals surface area contributed by atoms with Gasteiger partial charge in [-0.05, 0) is 29.3 Å². The minimum atomic E-state index is -0.336. The molecule has 3 rings (SSSR count). The zero-order chi connectivity index (χ0) is 19.8. The highest BCUT2D eigenvalue weighted by molar-refractivity contribution is 5.80. The zero-order valence-corrected chi connectivity index (χ0v) is 15.4. The molecule has 0 spiro atoms. The first-order valence-electron chi connectivity index (χ1n) is 9.12. The minimum Gasteiger partial charge on any atom is -0.362 e. The van der Waals surface area contributed by atoms with Gasteiger partial charge in [0.15, 0.2) is 0 Å². The van der Waals surface area contributed by atoms with Crippen molar-refractivity contribution in [2.75, 3.05) is 32.8 Å². The van der Waals surface area contributed by atoms with Crippen LogP contribution >= 0.6 is 0 Å². The van der Waals surface area contributed by atoms with Gasteiger partial charge in [-0.2, -0.15) is 0 Å². The third kappa shape index (κ3) is 5.58. The largest absolute Gasteiger partial charge is 0.362 e. The summed E-state index contributed by atoms with van der Waals surface area (Å²) >= 11 is 0. The van der Waals surface area contributed by atoms with E-state index < -0.39 is 0 Å². The van der Waals surface area contributed by atoms with Crippen LogP contribution in [0, 0.1) is 5.82 Å². The molecule has 0 bridgehead atoms. The van der Waals surface area contributed by atoms with Crippen LogP contribution in [0.5, 0.6) is 0 Å². The van der Waals surface area contributed by atoms with Crippen LogP contribution in [-0.4, -0.2) is 54.5 Å². The van der Waals surface area contributed by atoms with E-state index in [4.69, 9.17) is 4.74 Å². The second-order valence-corrected chi connectivity index (χ2v) is 6.49. The number of piperazine rings is 1. The highest BCUT2D eigenvalue weighted by Crippen LogP contribution is 2.23. The summed E-state index contributed by atoms with van der Waals surface area (Å²) in [5.74, 6) is -0.869. The molecule has 148 valence electrons. The lowest BCUT2D eigenvalue weighted by Gasteiger charge is -2.36. The molecule has 1 fully saturated rings. The number of benzene rings is 1. The number of ether oxygens (including phenoxy) is 1. The van der Waals surface area contributed by atoms with Crippen LogP contribution in [0.1, 0.15) is 17.2 Å². The SMILES string of the molecule is O=C(COCC(=O)N1CCNCC1c1cccc(F)c1)NCc1cccnc1. The molecule has 0 radical (unpaired) electrons. The highest BCUT2D eigenvalue weighted by Gasteiger charge is 2.28. The van der Waals surface area contributed by atoms with Crippen molar-refractivity contribution in [3.05, 3.63) is 65.7 Å². The van der Waals surface area contributed by atoms with Crippen molar-refractivity contribution >= 4 is 11.8 Å². The summed E-state index contributed by atoms with van der Waals surface area (Å²) in [6.07, 6.45) is 3.33.